The molecule has 1 amide bonds. The lowest BCUT2D eigenvalue weighted by atomic mass is 9.98. The summed E-state index contributed by atoms with van der Waals surface area (Å²) in [5, 5.41) is 17.8. The number of halogens is 1. The van der Waals surface area contributed by atoms with Crippen LogP contribution in [-0.4, -0.2) is 25.5 Å². The molecule has 2 N–H and O–H groups in total. The molecule has 23 heavy (non-hydrogen) atoms. The monoisotopic (exact) mass is 431 g/mol. The van der Waals surface area contributed by atoms with Crippen molar-refractivity contribution in [2.24, 2.45) is 0 Å². The number of carbonyl (C=O) groups is 1. The number of benzene rings is 1. The average Bonchev–Trinajstić information content (AvgIpc) is 2.46. The number of hydrogen-bond donors (Lipinski definition) is 2. The number of rotatable bonds is 5. The number of nitrogens with zero attached hydrogens (tertiary/aromatic N) is 1. The zero-order chi connectivity index (χ0) is 18.0. The number of terminal acetylenes is 1. The molecule has 1 atom stereocenters. The molecule has 5 heteroatoms. The molecule has 4 nitrogen and oxygen atoms in total. The average molecular weight is 431 g/mol. The minimum absolute atomic E-state index is 0.0434. The number of aryl methyl sites for hydroxylation is 1. The maximum absolute atomic E-state index is 10.5. The molecule has 0 aliphatic carbocycles. The van der Waals surface area contributed by atoms with Crippen molar-refractivity contribution in [1.29, 1.82) is 0 Å². The van der Waals surface area contributed by atoms with E-state index in [4.69, 9.17) is 16.6 Å². The second kappa shape index (κ2) is 11.2. The van der Waals surface area contributed by atoms with Gasteiger partial charge < -0.3 is 10.2 Å². The van der Waals surface area contributed by atoms with E-state index in [2.05, 4.69) is 19.8 Å². The highest BCUT2D eigenvalue weighted by molar-refractivity contribution is 14.1. The standard InChI is InChI=1S/C10H14O.C8H12INO2/c1-7(2)10-5-4-9(11)6-8(10)3;1-3-5-7(6-4-2)10(9)8(11)12/h4-7,11H,1-3H3;1,7H,4-6H2,2H3,(H,11,12). The molecule has 0 bridgehead atoms. The maximum Gasteiger partial charge on any atom is 0.416 e. The van der Waals surface area contributed by atoms with Gasteiger partial charge in [0.05, 0.1) is 28.9 Å². The van der Waals surface area contributed by atoms with E-state index in [1.807, 2.05) is 19.9 Å². The Kier molecular flexibility index (Phi) is 10.5. The van der Waals surface area contributed by atoms with Gasteiger partial charge in [-0.25, -0.2) is 7.91 Å². The van der Waals surface area contributed by atoms with Gasteiger partial charge in [0.25, 0.3) is 0 Å². The Hall–Kier alpha value is -1.42. The molecule has 0 radical (unpaired) electrons. The molecule has 128 valence electrons. The van der Waals surface area contributed by atoms with Gasteiger partial charge in [-0.3, -0.25) is 0 Å². The van der Waals surface area contributed by atoms with Gasteiger partial charge >= 0.3 is 6.09 Å². The number of phenolic OH excluding ortho intramolecular Hbond substituents is 1. The van der Waals surface area contributed by atoms with Crippen molar-refractivity contribution in [3.63, 3.8) is 0 Å². The highest BCUT2D eigenvalue weighted by Gasteiger charge is 2.18. The smallest absolute Gasteiger partial charge is 0.416 e. The van der Waals surface area contributed by atoms with Crippen LogP contribution >= 0.6 is 22.9 Å². The third-order valence-electron chi connectivity index (χ3n) is 3.35. The number of carboxylic acid groups (broad SMARTS) is 1. The van der Waals surface area contributed by atoms with Gasteiger partial charge in [0.1, 0.15) is 5.75 Å². The predicted octanol–water partition coefficient (Wildman–Crippen LogP) is 5.33. The second-order valence-electron chi connectivity index (χ2n) is 5.64. The summed E-state index contributed by atoms with van der Waals surface area (Å²) < 4.78 is 1.25. The Morgan fingerprint density at radius 1 is 1.43 bits per heavy atom. The molecule has 0 aliphatic heterocycles. The fourth-order valence-corrected chi connectivity index (χ4v) is 2.70. The molecule has 1 rings (SSSR count). The van der Waals surface area contributed by atoms with Gasteiger partial charge in [-0.2, -0.15) is 0 Å². The van der Waals surface area contributed by atoms with E-state index < -0.39 is 6.09 Å². The van der Waals surface area contributed by atoms with Crippen molar-refractivity contribution >= 4 is 29.0 Å². The van der Waals surface area contributed by atoms with Crippen LogP contribution < -0.4 is 0 Å². The van der Waals surface area contributed by atoms with Crippen molar-refractivity contribution in [2.75, 3.05) is 0 Å². The van der Waals surface area contributed by atoms with E-state index in [1.165, 1.54) is 14.2 Å². The van der Waals surface area contributed by atoms with Gasteiger partial charge in [-0.05, 0) is 42.5 Å². The van der Waals surface area contributed by atoms with Crippen LogP contribution in [0, 0.1) is 19.3 Å². The highest BCUT2D eigenvalue weighted by Crippen LogP contribution is 2.22. The fraction of sp³-hybridized carbons (Fsp3) is 0.500. The first-order valence-electron chi connectivity index (χ1n) is 7.65. The molecule has 1 unspecified atom stereocenters. The van der Waals surface area contributed by atoms with Crippen LogP contribution in [0.4, 0.5) is 4.79 Å². The zero-order valence-electron chi connectivity index (χ0n) is 14.2. The quantitative estimate of drug-likeness (QED) is 0.376. The van der Waals surface area contributed by atoms with E-state index in [0.717, 1.165) is 12.8 Å². The predicted molar refractivity (Wildman–Crippen MR) is 103 cm³/mol. The van der Waals surface area contributed by atoms with E-state index in [1.54, 1.807) is 35.0 Å². The van der Waals surface area contributed by atoms with E-state index in [-0.39, 0.29) is 6.04 Å². The minimum atomic E-state index is -0.927. The minimum Gasteiger partial charge on any atom is -0.508 e. The molecule has 1 aromatic rings. The third-order valence-corrected chi connectivity index (χ3v) is 4.55. The first-order valence-corrected chi connectivity index (χ1v) is 8.61. The summed E-state index contributed by atoms with van der Waals surface area (Å²) in [5.74, 6) is 3.37. The van der Waals surface area contributed by atoms with Crippen LogP contribution in [0.3, 0.4) is 0 Å². The first kappa shape index (κ1) is 21.6. The lowest BCUT2D eigenvalue weighted by molar-refractivity contribution is 0.169. The topological polar surface area (TPSA) is 60.8 Å². The van der Waals surface area contributed by atoms with Gasteiger partial charge in [-0.15, -0.1) is 12.3 Å². The summed E-state index contributed by atoms with van der Waals surface area (Å²) in [6, 6.07) is 5.48. The molecule has 0 saturated heterocycles. The van der Waals surface area contributed by atoms with Crippen LogP contribution in [0.2, 0.25) is 0 Å². The number of phenols is 1. The maximum atomic E-state index is 10.5. The molecule has 0 spiro atoms. The highest BCUT2D eigenvalue weighted by atomic mass is 127. The van der Waals surface area contributed by atoms with Crippen LogP contribution in [0.5, 0.6) is 5.75 Å². The second-order valence-corrected chi connectivity index (χ2v) is 6.68. The van der Waals surface area contributed by atoms with E-state index in [0.29, 0.717) is 18.1 Å². The molecule has 0 saturated carbocycles. The summed E-state index contributed by atoms with van der Waals surface area (Å²) in [6.07, 6.45) is 6.45. The lowest BCUT2D eigenvalue weighted by Crippen LogP contribution is -2.30. The normalized spacial score (nSPS) is 11.2. The summed E-state index contributed by atoms with van der Waals surface area (Å²) in [6.45, 7) is 8.34. The molecule has 0 fully saturated rings. The van der Waals surface area contributed by atoms with Crippen molar-refractivity contribution < 1.29 is 15.0 Å². The largest absolute Gasteiger partial charge is 0.508 e. The van der Waals surface area contributed by atoms with E-state index in [9.17, 15) is 4.79 Å². The van der Waals surface area contributed by atoms with Crippen molar-refractivity contribution in [2.45, 2.75) is 58.9 Å². The Morgan fingerprint density at radius 2 is 2.04 bits per heavy atom. The van der Waals surface area contributed by atoms with E-state index >= 15 is 0 Å². The molecular formula is C18H26INO3. The number of hydrogen-bond acceptors (Lipinski definition) is 2. The Bertz CT molecular complexity index is 538. The van der Waals surface area contributed by atoms with Crippen molar-refractivity contribution in [3.8, 4) is 18.1 Å². The van der Waals surface area contributed by atoms with Crippen LogP contribution in [0.1, 0.15) is 57.1 Å². The molecule has 0 aliphatic rings. The Morgan fingerprint density at radius 3 is 2.43 bits per heavy atom. The van der Waals surface area contributed by atoms with Crippen LogP contribution in [0.25, 0.3) is 0 Å². The molecule has 0 aromatic heterocycles. The Labute approximate surface area is 153 Å². The lowest BCUT2D eigenvalue weighted by Gasteiger charge is -2.20. The van der Waals surface area contributed by atoms with Gasteiger partial charge in [-0.1, -0.05) is 33.3 Å². The molecule has 1 aromatic carbocycles. The van der Waals surface area contributed by atoms with Gasteiger partial charge in [0, 0.05) is 6.42 Å². The van der Waals surface area contributed by atoms with Crippen LogP contribution in [0.15, 0.2) is 18.2 Å². The molecule has 0 heterocycles. The SMILES string of the molecule is C#CCC(CCC)N(I)C(=O)O.Cc1cc(O)ccc1C(C)C. The van der Waals surface area contributed by atoms with Gasteiger partial charge in [0.2, 0.25) is 0 Å². The summed E-state index contributed by atoms with van der Waals surface area (Å²) >= 11 is 1.78. The van der Waals surface area contributed by atoms with Crippen molar-refractivity contribution in [3.05, 3.63) is 29.3 Å². The number of amides is 1. The van der Waals surface area contributed by atoms with Crippen LogP contribution in [-0.2, 0) is 0 Å². The van der Waals surface area contributed by atoms with Gasteiger partial charge in [0.15, 0.2) is 0 Å². The summed E-state index contributed by atoms with van der Waals surface area (Å²) in [7, 11) is 0. The summed E-state index contributed by atoms with van der Waals surface area (Å²) in [5.41, 5.74) is 2.47. The zero-order valence-corrected chi connectivity index (χ0v) is 16.4. The summed E-state index contributed by atoms with van der Waals surface area (Å²) in [4.78, 5) is 10.5. The fourth-order valence-electron chi connectivity index (χ4n) is 2.23. The van der Waals surface area contributed by atoms with Crippen molar-refractivity contribution in [1.82, 2.24) is 3.11 Å². The number of aromatic hydroxyl groups is 1. The third kappa shape index (κ3) is 8.12. The Balaban J connectivity index is 0.000000422. The molecular weight excluding hydrogens is 405 g/mol. The first-order chi connectivity index (χ1) is 10.7.